The molecule has 0 aromatic carbocycles. The van der Waals surface area contributed by atoms with Crippen molar-refractivity contribution >= 4 is 5.97 Å². The molecule has 0 bridgehead atoms. The third-order valence-corrected chi connectivity index (χ3v) is 13.4. The van der Waals surface area contributed by atoms with Gasteiger partial charge in [-0.2, -0.15) is 0 Å². The first-order chi connectivity index (χ1) is 15.6. The van der Waals surface area contributed by atoms with Crippen LogP contribution in [-0.2, 0) is 4.79 Å². The predicted molar refractivity (Wildman–Crippen MR) is 134 cm³/mol. The number of carbonyl (C=O) groups is 1. The van der Waals surface area contributed by atoms with Gasteiger partial charge in [0.2, 0.25) is 0 Å². The van der Waals surface area contributed by atoms with E-state index in [0.717, 1.165) is 38.5 Å². The summed E-state index contributed by atoms with van der Waals surface area (Å²) in [5.74, 6) is 0.463. The molecule has 0 aliphatic heterocycles. The number of hydrogen-bond acceptors (Lipinski definition) is 3. The molecule has 0 amide bonds. The van der Waals surface area contributed by atoms with Gasteiger partial charge in [0.1, 0.15) is 0 Å². The zero-order valence-corrected chi connectivity index (χ0v) is 22.6. The molecular weight excluding hydrogens is 424 g/mol. The van der Waals surface area contributed by atoms with Gasteiger partial charge in [0, 0.05) is 5.41 Å². The highest BCUT2D eigenvalue weighted by Crippen LogP contribution is 2.75. The Hall–Kier alpha value is -0.870. The summed E-state index contributed by atoms with van der Waals surface area (Å²) in [5, 5.41) is 32.2. The number of carboxylic acid groups (broad SMARTS) is 1. The van der Waals surface area contributed by atoms with Gasteiger partial charge >= 0.3 is 5.97 Å². The van der Waals surface area contributed by atoms with Crippen molar-refractivity contribution in [1.82, 2.24) is 0 Å². The molecule has 192 valence electrons. The quantitative estimate of drug-likeness (QED) is 0.397. The summed E-state index contributed by atoms with van der Waals surface area (Å²) in [4.78, 5) is 12.3. The van der Waals surface area contributed by atoms with Gasteiger partial charge in [-0.1, -0.05) is 53.2 Å². The maximum atomic E-state index is 12.3. The molecule has 4 saturated carbocycles. The van der Waals surface area contributed by atoms with Crippen LogP contribution in [0.25, 0.3) is 0 Å². The summed E-state index contributed by atoms with van der Waals surface area (Å²) in [6.45, 7) is 16.2. The SMILES string of the molecule is CC1(C)[C@H]2CC[C@]3(C)[C@H](CC=C4[C@@H]5C[C@](C)(C(=O)O)C[C@@H](O)[C@]5(C)CC[C@]43C)[C@@]2(C)CC[C@@H]1O. The first-order valence-electron chi connectivity index (χ1n) is 13.9. The van der Waals surface area contributed by atoms with E-state index in [-0.39, 0.29) is 39.1 Å². The molecule has 4 fully saturated rings. The van der Waals surface area contributed by atoms with Crippen molar-refractivity contribution in [1.29, 1.82) is 0 Å². The molecule has 4 heteroatoms. The van der Waals surface area contributed by atoms with Crippen LogP contribution in [-0.4, -0.2) is 33.5 Å². The van der Waals surface area contributed by atoms with E-state index in [2.05, 4.69) is 47.6 Å². The monoisotopic (exact) mass is 472 g/mol. The smallest absolute Gasteiger partial charge is 0.309 e. The van der Waals surface area contributed by atoms with Crippen LogP contribution in [0.4, 0.5) is 0 Å². The molecule has 34 heavy (non-hydrogen) atoms. The first kappa shape index (κ1) is 24.8. The predicted octanol–water partition coefficient (Wildman–Crippen LogP) is 6.20. The average Bonchev–Trinajstić information content (AvgIpc) is 2.73. The molecular formula is C30H48O4. The second-order valence-corrected chi connectivity index (χ2v) is 15.0. The molecule has 0 unspecified atom stereocenters. The Morgan fingerprint density at radius 2 is 1.50 bits per heavy atom. The summed E-state index contributed by atoms with van der Waals surface area (Å²) in [6.07, 6.45) is 10.1. The van der Waals surface area contributed by atoms with E-state index < -0.39 is 17.5 Å². The van der Waals surface area contributed by atoms with Crippen LogP contribution in [0.2, 0.25) is 0 Å². The number of fused-ring (bicyclic) bond motifs is 7. The van der Waals surface area contributed by atoms with E-state index in [4.69, 9.17) is 0 Å². The fourth-order valence-corrected chi connectivity index (χ4v) is 10.6. The summed E-state index contributed by atoms with van der Waals surface area (Å²) in [5.41, 5.74) is 0.706. The summed E-state index contributed by atoms with van der Waals surface area (Å²) in [6, 6.07) is 0. The third-order valence-electron chi connectivity index (χ3n) is 13.4. The first-order valence-corrected chi connectivity index (χ1v) is 13.9. The zero-order valence-electron chi connectivity index (χ0n) is 22.6. The van der Waals surface area contributed by atoms with Crippen LogP contribution in [0.5, 0.6) is 0 Å². The van der Waals surface area contributed by atoms with Gasteiger partial charge in [-0.05, 0) is 104 Å². The van der Waals surface area contributed by atoms with Gasteiger partial charge in [-0.3, -0.25) is 4.79 Å². The summed E-state index contributed by atoms with van der Waals surface area (Å²) >= 11 is 0. The van der Waals surface area contributed by atoms with Crippen LogP contribution in [0.3, 0.4) is 0 Å². The molecule has 0 saturated heterocycles. The Balaban J connectivity index is 1.59. The minimum atomic E-state index is -0.867. The maximum Gasteiger partial charge on any atom is 0.309 e. The molecule has 10 atom stereocenters. The average molecular weight is 473 g/mol. The molecule has 0 aromatic rings. The van der Waals surface area contributed by atoms with Gasteiger partial charge < -0.3 is 15.3 Å². The molecule has 0 aromatic heterocycles. The number of aliphatic hydroxyl groups is 2. The summed E-state index contributed by atoms with van der Waals surface area (Å²) in [7, 11) is 0. The molecule has 5 rings (SSSR count). The van der Waals surface area contributed by atoms with Gasteiger partial charge in [-0.25, -0.2) is 0 Å². The highest BCUT2D eigenvalue weighted by atomic mass is 16.4. The van der Waals surface area contributed by atoms with Crippen molar-refractivity contribution in [3.63, 3.8) is 0 Å². The lowest BCUT2D eigenvalue weighted by Crippen LogP contribution is -2.65. The Morgan fingerprint density at radius 3 is 2.15 bits per heavy atom. The number of aliphatic hydroxyl groups excluding tert-OH is 2. The van der Waals surface area contributed by atoms with Crippen LogP contribution >= 0.6 is 0 Å². The van der Waals surface area contributed by atoms with Crippen LogP contribution in [0, 0.1) is 50.2 Å². The minimum absolute atomic E-state index is 0.0325. The van der Waals surface area contributed by atoms with E-state index in [1.54, 1.807) is 0 Å². The van der Waals surface area contributed by atoms with Crippen molar-refractivity contribution in [2.24, 2.45) is 50.2 Å². The standard InChI is InChI=1S/C30H48O4/c1-25(2)20-10-13-30(7)21(28(20,5)12-11-22(25)31)9-8-18-19-16-26(3,24(33)34)17-23(32)27(19,4)14-15-29(18,30)6/h8,19-23,31-32H,9-17H2,1-7H3,(H,33,34)/t19-,20+,21+,22-,23+,26-,27+,28-,29+,30+/m0/s1. The third kappa shape index (κ3) is 2.82. The van der Waals surface area contributed by atoms with E-state index in [9.17, 15) is 20.1 Å². The maximum absolute atomic E-state index is 12.3. The number of rotatable bonds is 1. The highest BCUT2D eigenvalue weighted by Gasteiger charge is 2.69. The summed E-state index contributed by atoms with van der Waals surface area (Å²) < 4.78 is 0. The van der Waals surface area contributed by atoms with Crippen molar-refractivity contribution in [2.75, 3.05) is 0 Å². The van der Waals surface area contributed by atoms with Gasteiger partial charge in [0.05, 0.1) is 17.6 Å². The molecule has 0 heterocycles. The van der Waals surface area contributed by atoms with E-state index in [0.29, 0.717) is 24.7 Å². The van der Waals surface area contributed by atoms with Crippen molar-refractivity contribution < 1.29 is 20.1 Å². The number of hydrogen-bond donors (Lipinski definition) is 3. The minimum Gasteiger partial charge on any atom is -0.481 e. The van der Waals surface area contributed by atoms with Gasteiger partial charge in [0.15, 0.2) is 0 Å². The van der Waals surface area contributed by atoms with E-state index >= 15 is 0 Å². The molecule has 0 radical (unpaired) electrons. The fourth-order valence-electron chi connectivity index (χ4n) is 10.6. The Kier molecular flexibility index (Phi) is 5.20. The van der Waals surface area contributed by atoms with Crippen molar-refractivity contribution in [3.05, 3.63) is 11.6 Å². The fraction of sp³-hybridized carbons (Fsp3) is 0.900. The van der Waals surface area contributed by atoms with Gasteiger partial charge in [-0.15, -0.1) is 0 Å². The normalized spacial score (nSPS) is 56.3. The van der Waals surface area contributed by atoms with Crippen molar-refractivity contribution in [2.45, 2.75) is 118 Å². The van der Waals surface area contributed by atoms with Gasteiger partial charge in [0.25, 0.3) is 0 Å². The molecule has 5 aliphatic carbocycles. The second kappa shape index (κ2) is 7.12. The Labute approximate surface area is 206 Å². The molecule has 3 N–H and O–H groups in total. The lowest BCUT2D eigenvalue weighted by Gasteiger charge is -2.71. The van der Waals surface area contributed by atoms with Crippen LogP contribution < -0.4 is 0 Å². The van der Waals surface area contributed by atoms with E-state index in [1.807, 2.05) is 6.92 Å². The van der Waals surface area contributed by atoms with Crippen LogP contribution in [0.1, 0.15) is 106 Å². The lowest BCUT2D eigenvalue weighted by atomic mass is 9.33. The van der Waals surface area contributed by atoms with Crippen LogP contribution in [0.15, 0.2) is 11.6 Å². The van der Waals surface area contributed by atoms with Crippen molar-refractivity contribution in [3.8, 4) is 0 Å². The molecule has 4 nitrogen and oxygen atoms in total. The molecule has 5 aliphatic rings. The molecule has 0 spiro atoms. The largest absolute Gasteiger partial charge is 0.481 e. The zero-order chi connectivity index (χ0) is 25.1. The number of aliphatic carboxylic acids is 1. The lowest BCUT2D eigenvalue weighted by molar-refractivity contribution is -0.208. The number of allylic oxidation sites excluding steroid dienone is 2. The topological polar surface area (TPSA) is 77.8 Å². The Bertz CT molecular complexity index is 923. The second-order valence-electron chi connectivity index (χ2n) is 15.0. The Morgan fingerprint density at radius 1 is 0.824 bits per heavy atom. The van der Waals surface area contributed by atoms with E-state index in [1.165, 1.54) is 12.0 Å². The number of carboxylic acids is 1. The highest BCUT2D eigenvalue weighted by molar-refractivity contribution is 5.74.